The smallest absolute Gasteiger partial charge is 0.262 e. The van der Waals surface area contributed by atoms with Gasteiger partial charge in [-0.25, -0.2) is 4.98 Å². The molecular weight excluding hydrogens is 418 g/mol. The lowest BCUT2D eigenvalue weighted by molar-refractivity contribution is -0.118. The van der Waals surface area contributed by atoms with Gasteiger partial charge >= 0.3 is 0 Å². The number of nitrogens with zero attached hydrogens (tertiary/aromatic N) is 3. The van der Waals surface area contributed by atoms with E-state index < -0.39 is 5.25 Å². The molecule has 3 aromatic rings. The van der Waals surface area contributed by atoms with Gasteiger partial charge in [-0.3, -0.25) is 14.2 Å². The van der Waals surface area contributed by atoms with E-state index in [0.717, 1.165) is 12.1 Å². The van der Waals surface area contributed by atoms with Gasteiger partial charge in [-0.2, -0.15) is 0 Å². The van der Waals surface area contributed by atoms with Crippen molar-refractivity contribution < 1.29 is 4.79 Å². The van der Waals surface area contributed by atoms with E-state index in [1.165, 1.54) is 17.3 Å². The molecule has 2 atom stereocenters. The minimum atomic E-state index is -0.418. The highest BCUT2D eigenvalue weighted by molar-refractivity contribution is 8.00. The number of anilines is 1. The molecule has 1 aliphatic rings. The Balaban J connectivity index is 1.69. The normalized spacial score (nSPS) is 16.5. The molecule has 0 fully saturated rings. The van der Waals surface area contributed by atoms with Crippen LogP contribution in [0.5, 0.6) is 0 Å². The number of fused-ring (bicyclic) bond motifs is 2. The molecule has 5 nitrogen and oxygen atoms in total. The zero-order valence-corrected chi connectivity index (χ0v) is 18.4. The van der Waals surface area contributed by atoms with Crippen molar-refractivity contribution in [1.82, 2.24) is 9.55 Å². The van der Waals surface area contributed by atoms with Crippen molar-refractivity contribution in [3.05, 3.63) is 76.1 Å². The Morgan fingerprint density at radius 2 is 2.13 bits per heavy atom. The van der Waals surface area contributed by atoms with Crippen molar-refractivity contribution in [2.24, 2.45) is 0 Å². The summed E-state index contributed by atoms with van der Waals surface area (Å²) in [6.07, 6.45) is 2.49. The monoisotopic (exact) mass is 439 g/mol. The average molecular weight is 440 g/mol. The van der Waals surface area contributed by atoms with Crippen molar-refractivity contribution >= 4 is 45.9 Å². The Morgan fingerprint density at radius 1 is 1.37 bits per heavy atom. The van der Waals surface area contributed by atoms with E-state index in [9.17, 15) is 9.59 Å². The van der Waals surface area contributed by atoms with Crippen LogP contribution in [0.1, 0.15) is 19.4 Å². The van der Waals surface area contributed by atoms with Gasteiger partial charge in [0.25, 0.3) is 5.56 Å². The number of para-hydroxylation sites is 1. The standard InChI is InChI=1S/C23H22ClN3O2S/c1-4-11-26-22(29)18-10-9-17(24)13-19(18)25-23(26)30-15(3)21(28)27-14(2)12-16-7-5-6-8-20(16)27/h4-10,13-15H,1,11-12H2,2-3H3/t14-,15+/m1/s1. The molecule has 2 aromatic carbocycles. The largest absolute Gasteiger partial charge is 0.308 e. The first-order chi connectivity index (χ1) is 14.4. The summed E-state index contributed by atoms with van der Waals surface area (Å²) in [5.41, 5.74) is 2.50. The highest BCUT2D eigenvalue weighted by atomic mass is 35.5. The van der Waals surface area contributed by atoms with Crippen molar-refractivity contribution in [2.75, 3.05) is 4.90 Å². The maximum atomic E-state index is 13.3. The van der Waals surface area contributed by atoms with Crippen LogP contribution in [0.2, 0.25) is 5.02 Å². The first-order valence-corrected chi connectivity index (χ1v) is 11.0. The number of carbonyl (C=O) groups is 1. The van der Waals surface area contributed by atoms with Crippen LogP contribution >= 0.6 is 23.4 Å². The van der Waals surface area contributed by atoms with Crippen LogP contribution in [-0.4, -0.2) is 26.8 Å². The molecule has 0 radical (unpaired) electrons. The molecule has 0 spiro atoms. The van der Waals surface area contributed by atoms with E-state index in [1.54, 1.807) is 28.8 Å². The number of benzene rings is 2. The summed E-state index contributed by atoms with van der Waals surface area (Å²) in [7, 11) is 0. The van der Waals surface area contributed by atoms with Crippen molar-refractivity contribution in [1.29, 1.82) is 0 Å². The van der Waals surface area contributed by atoms with Crippen LogP contribution < -0.4 is 10.5 Å². The third-order valence-electron chi connectivity index (χ3n) is 5.27. The first-order valence-electron chi connectivity index (χ1n) is 9.79. The van der Waals surface area contributed by atoms with Crippen LogP contribution in [0.3, 0.4) is 0 Å². The topological polar surface area (TPSA) is 55.2 Å². The van der Waals surface area contributed by atoms with Gasteiger partial charge in [-0.15, -0.1) is 6.58 Å². The SMILES string of the molecule is C=CCn1c(S[C@@H](C)C(=O)N2c3ccccc3C[C@H]2C)nc2cc(Cl)ccc2c1=O. The fraction of sp³-hybridized carbons (Fsp3) is 0.261. The third kappa shape index (κ3) is 3.66. The van der Waals surface area contributed by atoms with Crippen molar-refractivity contribution in [3.63, 3.8) is 0 Å². The van der Waals surface area contributed by atoms with E-state index in [-0.39, 0.29) is 17.5 Å². The molecule has 30 heavy (non-hydrogen) atoms. The molecule has 0 N–H and O–H groups in total. The van der Waals surface area contributed by atoms with Crippen LogP contribution in [-0.2, 0) is 17.8 Å². The number of hydrogen-bond acceptors (Lipinski definition) is 4. The van der Waals surface area contributed by atoms with Gasteiger partial charge in [-0.1, -0.05) is 47.6 Å². The Morgan fingerprint density at radius 3 is 2.90 bits per heavy atom. The van der Waals surface area contributed by atoms with Gasteiger partial charge in [0.1, 0.15) is 0 Å². The van der Waals surface area contributed by atoms with Gasteiger partial charge < -0.3 is 4.90 Å². The lowest BCUT2D eigenvalue weighted by atomic mass is 10.1. The van der Waals surface area contributed by atoms with E-state index in [2.05, 4.69) is 24.6 Å². The molecule has 0 saturated heterocycles. The molecule has 2 heterocycles. The quantitative estimate of drug-likeness (QED) is 0.328. The molecular formula is C23H22ClN3O2S. The maximum absolute atomic E-state index is 13.3. The molecule has 1 aromatic heterocycles. The Bertz CT molecular complexity index is 1210. The molecule has 0 unspecified atom stereocenters. The summed E-state index contributed by atoms with van der Waals surface area (Å²) in [6.45, 7) is 7.98. The average Bonchev–Trinajstić information content (AvgIpc) is 3.05. The number of aromatic nitrogens is 2. The lowest BCUT2D eigenvalue weighted by Crippen LogP contribution is -2.40. The summed E-state index contributed by atoms with van der Waals surface area (Å²) in [4.78, 5) is 32.9. The second-order valence-electron chi connectivity index (χ2n) is 7.41. The van der Waals surface area contributed by atoms with E-state index >= 15 is 0 Å². The molecule has 0 saturated carbocycles. The fourth-order valence-electron chi connectivity index (χ4n) is 3.86. The van der Waals surface area contributed by atoms with Crippen LogP contribution in [0.15, 0.2) is 65.1 Å². The maximum Gasteiger partial charge on any atom is 0.262 e. The second-order valence-corrected chi connectivity index (χ2v) is 9.15. The number of allylic oxidation sites excluding steroid dienone is 1. The summed E-state index contributed by atoms with van der Waals surface area (Å²) >= 11 is 7.38. The highest BCUT2D eigenvalue weighted by Gasteiger charge is 2.34. The molecule has 154 valence electrons. The molecule has 4 rings (SSSR count). The minimum Gasteiger partial charge on any atom is -0.308 e. The minimum absolute atomic E-state index is 0.00282. The van der Waals surface area contributed by atoms with Crippen molar-refractivity contribution in [2.45, 2.75) is 43.3 Å². The predicted molar refractivity (Wildman–Crippen MR) is 124 cm³/mol. The van der Waals surface area contributed by atoms with Gasteiger partial charge in [-0.05, 0) is 50.1 Å². The third-order valence-corrected chi connectivity index (χ3v) is 6.58. The van der Waals surface area contributed by atoms with Gasteiger partial charge in [0.15, 0.2) is 5.16 Å². The number of halogens is 1. The molecule has 1 aliphatic heterocycles. The molecule has 7 heteroatoms. The zero-order valence-electron chi connectivity index (χ0n) is 16.8. The Hall–Kier alpha value is -2.57. The van der Waals surface area contributed by atoms with Crippen molar-refractivity contribution in [3.8, 4) is 0 Å². The number of rotatable bonds is 5. The number of thioether (sulfide) groups is 1. The van der Waals surface area contributed by atoms with E-state index in [0.29, 0.717) is 27.6 Å². The zero-order chi connectivity index (χ0) is 21.4. The highest BCUT2D eigenvalue weighted by Crippen LogP contribution is 2.34. The number of hydrogen-bond donors (Lipinski definition) is 0. The Labute approximate surface area is 184 Å². The van der Waals surface area contributed by atoms with Gasteiger partial charge in [0.2, 0.25) is 5.91 Å². The summed E-state index contributed by atoms with van der Waals surface area (Å²) < 4.78 is 1.55. The Kier molecular flexibility index (Phi) is 5.71. The summed E-state index contributed by atoms with van der Waals surface area (Å²) in [5, 5.41) is 1.07. The summed E-state index contributed by atoms with van der Waals surface area (Å²) in [5.74, 6) is 0.00282. The first kappa shape index (κ1) is 20.7. The summed E-state index contributed by atoms with van der Waals surface area (Å²) in [6, 6.07) is 13.1. The fourth-order valence-corrected chi connectivity index (χ4v) is 4.99. The van der Waals surface area contributed by atoms with E-state index in [4.69, 9.17) is 11.6 Å². The number of amides is 1. The second kappa shape index (κ2) is 8.28. The van der Waals surface area contributed by atoms with Crippen LogP contribution in [0, 0.1) is 0 Å². The van der Waals surface area contributed by atoms with Crippen LogP contribution in [0.25, 0.3) is 10.9 Å². The molecule has 0 bridgehead atoms. The predicted octanol–water partition coefficient (Wildman–Crippen LogP) is 4.69. The molecule has 0 aliphatic carbocycles. The van der Waals surface area contributed by atoms with Gasteiger partial charge in [0, 0.05) is 23.3 Å². The number of carbonyl (C=O) groups excluding carboxylic acids is 1. The molecule has 1 amide bonds. The van der Waals surface area contributed by atoms with E-state index in [1.807, 2.05) is 30.0 Å². The van der Waals surface area contributed by atoms with Gasteiger partial charge in [0.05, 0.1) is 16.2 Å². The van der Waals surface area contributed by atoms with Crippen LogP contribution in [0.4, 0.5) is 5.69 Å². The lowest BCUT2D eigenvalue weighted by Gasteiger charge is -2.26.